The van der Waals surface area contributed by atoms with Gasteiger partial charge in [0.25, 0.3) is 5.91 Å². The molecule has 1 atom stereocenters. The molecule has 0 aliphatic heterocycles. The number of ketones is 1. The lowest BCUT2D eigenvalue weighted by Crippen LogP contribution is -2.32. The molecule has 0 aliphatic carbocycles. The second-order valence-corrected chi connectivity index (χ2v) is 8.08. The summed E-state index contributed by atoms with van der Waals surface area (Å²) in [7, 11) is -3.61. The molecule has 25 heavy (non-hydrogen) atoms. The van der Waals surface area contributed by atoms with Gasteiger partial charge in [0, 0.05) is 23.9 Å². The maximum Gasteiger partial charge on any atom is 0.257 e. The molecule has 2 rings (SSSR count). The van der Waals surface area contributed by atoms with Crippen LogP contribution in [-0.4, -0.2) is 31.1 Å². The average molecular weight is 381 g/mol. The summed E-state index contributed by atoms with van der Waals surface area (Å²) in [4.78, 5) is 27.5. The fourth-order valence-corrected chi connectivity index (χ4v) is 3.94. The Bertz CT molecular complexity index is 873. The van der Waals surface area contributed by atoms with E-state index in [9.17, 15) is 18.0 Å². The second-order valence-electron chi connectivity index (χ2n) is 5.50. The maximum absolute atomic E-state index is 12.2. The summed E-state index contributed by atoms with van der Waals surface area (Å²) in [5.41, 5.74) is 0.583. The van der Waals surface area contributed by atoms with Gasteiger partial charge in [-0.25, -0.2) is 18.1 Å². The van der Waals surface area contributed by atoms with Crippen LogP contribution in [0.15, 0.2) is 34.5 Å². The Kier molecular flexibility index (Phi) is 6.04. The third-order valence-electron chi connectivity index (χ3n) is 3.48. The normalized spacial score (nSPS) is 12.6. The van der Waals surface area contributed by atoms with E-state index in [1.807, 2.05) is 6.92 Å². The van der Waals surface area contributed by atoms with Gasteiger partial charge in [-0.3, -0.25) is 14.9 Å². The molecule has 1 aromatic heterocycles. The third kappa shape index (κ3) is 4.94. The van der Waals surface area contributed by atoms with E-state index in [1.165, 1.54) is 31.2 Å². The first-order chi connectivity index (χ1) is 11.7. The molecule has 0 saturated carbocycles. The fourth-order valence-electron chi connectivity index (χ4n) is 1.86. The van der Waals surface area contributed by atoms with Crippen molar-refractivity contribution >= 4 is 38.2 Å². The zero-order valence-electron chi connectivity index (χ0n) is 14.1. The minimum Gasteiger partial charge on any atom is -0.298 e. The molecule has 0 radical (unpaired) electrons. The van der Waals surface area contributed by atoms with E-state index >= 15 is 0 Å². The van der Waals surface area contributed by atoms with Gasteiger partial charge in [-0.15, -0.1) is 11.3 Å². The first kappa shape index (κ1) is 19.2. The number of nitrogens with zero attached hydrogens (tertiary/aromatic N) is 1. The molecule has 2 N–H and O–H groups in total. The first-order valence-corrected chi connectivity index (χ1v) is 9.99. The van der Waals surface area contributed by atoms with Crippen molar-refractivity contribution in [2.24, 2.45) is 0 Å². The number of aromatic nitrogens is 1. The Balaban J connectivity index is 2.10. The number of amides is 1. The number of carbonyl (C=O) groups excluding carboxylic acids is 2. The number of anilines is 1. The minimum atomic E-state index is -3.61. The molecule has 9 heteroatoms. The minimum absolute atomic E-state index is 0.0949. The van der Waals surface area contributed by atoms with Crippen molar-refractivity contribution in [3.63, 3.8) is 0 Å². The molecule has 0 aliphatic rings. The van der Waals surface area contributed by atoms with E-state index in [0.717, 1.165) is 11.3 Å². The molecule has 134 valence electrons. The molecule has 2 aromatic rings. The lowest BCUT2D eigenvalue weighted by atomic mass is 10.2. The van der Waals surface area contributed by atoms with Crippen molar-refractivity contribution in [3.8, 4) is 0 Å². The van der Waals surface area contributed by atoms with E-state index in [-0.39, 0.29) is 22.4 Å². The first-order valence-electron chi connectivity index (χ1n) is 7.63. The van der Waals surface area contributed by atoms with Gasteiger partial charge in [0.1, 0.15) is 5.69 Å². The van der Waals surface area contributed by atoms with Crippen molar-refractivity contribution in [3.05, 3.63) is 40.9 Å². The molecule has 1 amide bonds. The lowest BCUT2D eigenvalue weighted by Gasteiger charge is -2.12. The van der Waals surface area contributed by atoms with E-state index in [0.29, 0.717) is 17.1 Å². The van der Waals surface area contributed by atoms with Crippen LogP contribution >= 0.6 is 11.3 Å². The number of rotatable bonds is 7. The van der Waals surface area contributed by atoms with E-state index in [2.05, 4.69) is 15.0 Å². The maximum atomic E-state index is 12.2. The monoisotopic (exact) mass is 381 g/mol. The quantitative estimate of drug-likeness (QED) is 0.718. The number of carbonyl (C=O) groups is 2. The van der Waals surface area contributed by atoms with Gasteiger partial charge < -0.3 is 0 Å². The van der Waals surface area contributed by atoms with Crippen LogP contribution in [0.4, 0.5) is 5.13 Å². The van der Waals surface area contributed by atoms with Gasteiger partial charge in [0.05, 0.1) is 4.90 Å². The van der Waals surface area contributed by atoms with Crippen LogP contribution in [0, 0.1) is 0 Å². The predicted octanol–water partition coefficient (Wildman–Crippen LogP) is 2.67. The highest BCUT2D eigenvalue weighted by Gasteiger charge is 2.17. The lowest BCUT2D eigenvalue weighted by molar-refractivity contribution is 0.100. The Hall–Kier alpha value is -2.10. The highest BCUT2D eigenvalue weighted by molar-refractivity contribution is 7.89. The number of hydrogen-bond donors (Lipinski definition) is 2. The van der Waals surface area contributed by atoms with Crippen LogP contribution in [0.2, 0.25) is 0 Å². The molecular weight excluding hydrogens is 362 g/mol. The number of hydrogen-bond acceptors (Lipinski definition) is 6. The highest BCUT2D eigenvalue weighted by atomic mass is 32.2. The molecule has 1 aromatic carbocycles. The molecule has 0 spiro atoms. The topological polar surface area (TPSA) is 105 Å². The Morgan fingerprint density at radius 1 is 1.24 bits per heavy atom. The summed E-state index contributed by atoms with van der Waals surface area (Å²) in [6, 6.07) is 5.44. The van der Waals surface area contributed by atoms with Crippen molar-refractivity contribution < 1.29 is 18.0 Å². The van der Waals surface area contributed by atoms with Crippen LogP contribution < -0.4 is 10.0 Å². The standard InChI is InChI=1S/C16H19N3O4S2/c1-4-10(2)19-25(22,23)13-7-5-12(6-8-13)15(21)18-16-17-14(9-24-16)11(3)20/h5-10,19H,4H2,1-3H3,(H,17,18,21). The fraction of sp³-hybridized carbons (Fsp3) is 0.312. The molecule has 0 bridgehead atoms. The summed E-state index contributed by atoms with van der Waals surface area (Å²) in [6.45, 7) is 5.06. The Labute approximate surface area is 150 Å². The Morgan fingerprint density at radius 2 is 1.88 bits per heavy atom. The van der Waals surface area contributed by atoms with Crippen LogP contribution in [-0.2, 0) is 10.0 Å². The van der Waals surface area contributed by atoms with Crippen molar-refractivity contribution in [2.45, 2.75) is 38.1 Å². The van der Waals surface area contributed by atoms with Crippen molar-refractivity contribution in [1.82, 2.24) is 9.71 Å². The Morgan fingerprint density at radius 3 is 2.40 bits per heavy atom. The molecule has 1 unspecified atom stereocenters. The molecule has 1 heterocycles. The van der Waals surface area contributed by atoms with Gasteiger partial charge in [0.2, 0.25) is 10.0 Å². The molecule has 7 nitrogen and oxygen atoms in total. The van der Waals surface area contributed by atoms with Gasteiger partial charge in [0.15, 0.2) is 10.9 Å². The summed E-state index contributed by atoms with van der Waals surface area (Å²) < 4.78 is 26.9. The number of nitrogens with one attached hydrogen (secondary N) is 2. The van der Waals surface area contributed by atoms with Gasteiger partial charge >= 0.3 is 0 Å². The van der Waals surface area contributed by atoms with Crippen LogP contribution in [0.1, 0.15) is 48.0 Å². The van der Waals surface area contributed by atoms with Crippen molar-refractivity contribution in [2.75, 3.05) is 5.32 Å². The van der Waals surface area contributed by atoms with E-state index < -0.39 is 15.9 Å². The zero-order valence-corrected chi connectivity index (χ0v) is 15.7. The van der Waals surface area contributed by atoms with Crippen molar-refractivity contribution in [1.29, 1.82) is 0 Å². The summed E-state index contributed by atoms with van der Waals surface area (Å²) in [5, 5.41) is 4.46. The number of Topliss-reactive ketones (excluding diaryl/α,β-unsaturated/α-hetero) is 1. The number of thiazole rings is 1. The average Bonchev–Trinajstić information content (AvgIpc) is 3.03. The molecular formula is C16H19N3O4S2. The van der Waals surface area contributed by atoms with Crippen LogP contribution in [0.5, 0.6) is 0 Å². The van der Waals surface area contributed by atoms with Gasteiger partial charge in [-0.2, -0.15) is 0 Å². The van der Waals surface area contributed by atoms with Gasteiger partial charge in [-0.1, -0.05) is 6.92 Å². The highest BCUT2D eigenvalue weighted by Crippen LogP contribution is 2.18. The predicted molar refractivity (Wildman–Crippen MR) is 96.6 cm³/mol. The molecule has 0 fully saturated rings. The van der Waals surface area contributed by atoms with Gasteiger partial charge in [-0.05, 0) is 37.6 Å². The van der Waals surface area contributed by atoms with Crippen LogP contribution in [0.25, 0.3) is 0 Å². The summed E-state index contributed by atoms with van der Waals surface area (Å²) >= 11 is 1.15. The smallest absolute Gasteiger partial charge is 0.257 e. The number of sulfonamides is 1. The molecule has 0 saturated heterocycles. The van der Waals surface area contributed by atoms with E-state index in [4.69, 9.17) is 0 Å². The third-order valence-corrected chi connectivity index (χ3v) is 5.84. The SMILES string of the molecule is CCC(C)NS(=O)(=O)c1ccc(C(=O)Nc2nc(C(C)=O)cs2)cc1. The number of benzene rings is 1. The summed E-state index contributed by atoms with van der Waals surface area (Å²) in [6.07, 6.45) is 0.676. The summed E-state index contributed by atoms with van der Waals surface area (Å²) in [5.74, 6) is -0.608. The largest absolute Gasteiger partial charge is 0.298 e. The second kappa shape index (κ2) is 7.85. The zero-order chi connectivity index (χ0) is 18.6. The van der Waals surface area contributed by atoms with E-state index in [1.54, 1.807) is 12.3 Å². The van der Waals surface area contributed by atoms with Crippen LogP contribution in [0.3, 0.4) is 0 Å².